The summed E-state index contributed by atoms with van der Waals surface area (Å²) in [7, 11) is 2.14. The van der Waals surface area contributed by atoms with Crippen LogP contribution in [0, 0.1) is 11.8 Å². The summed E-state index contributed by atoms with van der Waals surface area (Å²) in [4.78, 5) is 14.1. The van der Waals surface area contributed by atoms with Gasteiger partial charge in [0, 0.05) is 25.0 Å². The molecule has 2 N–H and O–H groups in total. The van der Waals surface area contributed by atoms with Gasteiger partial charge in [-0.15, -0.1) is 24.8 Å². The molecular formula is C12H25Cl2N3O. The van der Waals surface area contributed by atoms with Crippen molar-refractivity contribution >= 4 is 30.7 Å². The predicted octanol–water partition coefficient (Wildman–Crippen LogP) is 0.896. The average molecular weight is 298 g/mol. The summed E-state index contributed by atoms with van der Waals surface area (Å²) in [6.07, 6.45) is 2.66. The van der Waals surface area contributed by atoms with Crippen molar-refractivity contribution in [1.29, 1.82) is 0 Å². The maximum absolute atomic E-state index is 11.8. The van der Waals surface area contributed by atoms with Gasteiger partial charge in [-0.3, -0.25) is 4.79 Å². The minimum absolute atomic E-state index is 0. The summed E-state index contributed by atoms with van der Waals surface area (Å²) < 4.78 is 0. The van der Waals surface area contributed by atoms with E-state index >= 15 is 0 Å². The maximum Gasteiger partial charge on any atom is 0.223 e. The van der Waals surface area contributed by atoms with Crippen molar-refractivity contribution in [3.8, 4) is 0 Å². The molecule has 0 aromatic carbocycles. The van der Waals surface area contributed by atoms with E-state index in [4.69, 9.17) is 0 Å². The van der Waals surface area contributed by atoms with E-state index < -0.39 is 0 Å². The van der Waals surface area contributed by atoms with Crippen molar-refractivity contribution in [2.45, 2.75) is 25.8 Å². The van der Waals surface area contributed by atoms with Gasteiger partial charge in [0.1, 0.15) is 0 Å². The summed E-state index contributed by atoms with van der Waals surface area (Å²) in [6, 6.07) is 0.783. The summed E-state index contributed by atoms with van der Waals surface area (Å²) in [6.45, 7) is 5.79. The molecule has 1 unspecified atom stereocenters. The highest BCUT2D eigenvalue weighted by Gasteiger charge is 2.29. The molecule has 1 aliphatic carbocycles. The first-order chi connectivity index (χ1) is 7.68. The SMILES string of the molecule is CC(C(=O)NCCN(C)C1CC1)C1CNC1.Cl.Cl. The Balaban J connectivity index is 0.00000144. The predicted molar refractivity (Wildman–Crippen MR) is 78.7 cm³/mol. The fraction of sp³-hybridized carbons (Fsp3) is 0.917. The highest BCUT2D eigenvalue weighted by atomic mass is 35.5. The fourth-order valence-electron chi connectivity index (χ4n) is 2.09. The molecule has 0 aromatic rings. The minimum Gasteiger partial charge on any atom is -0.355 e. The van der Waals surface area contributed by atoms with Crippen LogP contribution in [0.15, 0.2) is 0 Å². The first-order valence-electron chi connectivity index (χ1n) is 6.37. The van der Waals surface area contributed by atoms with Gasteiger partial charge in [-0.2, -0.15) is 0 Å². The summed E-state index contributed by atoms with van der Waals surface area (Å²) in [5, 5.41) is 6.24. The Morgan fingerprint density at radius 3 is 2.44 bits per heavy atom. The van der Waals surface area contributed by atoms with E-state index in [1.165, 1.54) is 12.8 Å². The third-order valence-electron chi connectivity index (χ3n) is 3.87. The van der Waals surface area contributed by atoms with Crippen LogP contribution < -0.4 is 10.6 Å². The van der Waals surface area contributed by atoms with Crippen LogP contribution in [0.5, 0.6) is 0 Å². The van der Waals surface area contributed by atoms with Crippen molar-refractivity contribution in [3.63, 3.8) is 0 Å². The molecule has 4 nitrogen and oxygen atoms in total. The van der Waals surface area contributed by atoms with E-state index in [0.29, 0.717) is 5.92 Å². The first-order valence-corrected chi connectivity index (χ1v) is 6.37. The number of hydrogen-bond donors (Lipinski definition) is 2. The molecule has 1 saturated heterocycles. The van der Waals surface area contributed by atoms with Crippen LogP contribution in [0.1, 0.15) is 19.8 Å². The highest BCUT2D eigenvalue weighted by Crippen LogP contribution is 2.24. The van der Waals surface area contributed by atoms with Crippen molar-refractivity contribution in [3.05, 3.63) is 0 Å². The zero-order valence-electron chi connectivity index (χ0n) is 11.1. The molecule has 1 heterocycles. The molecule has 2 fully saturated rings. The Kier molecular flexibility index (Phi) is 8.19. The number of nitrogens with one attached hydrogen (secondary N) is 2. The third kappa shape index (κ3) is 4.92. The number of halogens is 2. The Bertz CT molecular complexity index is 258. The molecular weight excluding hydrogens is 273 g/mol. The molecule has 1 atom stereocenters. The highest BCUT2D eigenvalue weighted by molar-refractivity contribution is 5.85. The standard InChI is InChI=1S/C12H23N3O.2ClH/c1-9(10-7-13-8-10)12(16)14-5-6-15(2)11-3-4-11;;/h9-11,13H,3-8H2,1-2H3,(H,14,16);2*1H. The third-order valence-corrected chi connectivity index (χ3v) is 3.87. The minimum atomic E-state index is 0. The van der Waals surface area contributed by atoms with Crippen LogP contribution in [-0.2, 0) is 4.79 Å². The van der Waals surface area contributed by atoms with Crippen LogP contribution in [-0.4, -0.2) is 50.1 Å². The lowest BCUT2D eigenvalue weighted by molar-refractivity contribution is -0.126. The Hall–Kier alpha value is -0.0300. The first kappa shape index (κ1) is 18.0. The van der Waals surface area contributed by atoms with Gasteiger partial charge in [0.25, 0.3) is 0 Å². The van der Waals surface area contributed by atoms with Crippen molar-refractivity contribution in [1.82, 2.24) is 15.5 Å². The van der Waals surface area contributed by atoms with E-state index in [0.717, 1.165) is 32.2 Å². The van der Waals surface area contributed by atoms with Crippen molar-refractivity contribution < 1.29 is 4.79 Å². The molecule has 6 heteroatoms. The molecule has 18 heavy (non-hydrogen) atoms. The van der Waals surface area contributed by atoms with Gasteiger partial charge in [0.05, 0.1) is 0 Å². The molecule has 0 bridgehead atoms. The number of amides is 1. The second-order valence-electron chi connectivity index (χ2n) is 5.21. The quantitative estimate of drug-likeness (QED) is 0.766. The van der Waals surface area contributed by atoms with Crippen LogP contribution in [0.25, 0.3) is 0 Å². The number of carbonyl (C=O) groups is 1. The van der Waals surface area contributed by atoms with Gasteiger partial charge in [-0.1, -0.05) is 6.92 Å². The van der Waals surface area contributed by atoms with Gasteiger partial charge in [-0.25, -0.2) is 0 Å². The number of likely N-dealkylation sites (N-methyl/N-ethyl adjacent to an activating group) is 1. The second-order valence-corrected chi connectivity index (χ2v) is 5.21. The lowest BCUT2D eigenvalue weighted by Gasteiger charge is -2.31. The Morgan fingerprint density at radius 2 is 2.00 bits per heavy atom. The molecule has 0 spiro atoms. The molecule has 0 aromatic heterocycles. The Labute approximate surface area is 122 Å². The van der Waals surface area contributed by atoms with Crippen LogP contribution >= 0.6 is 24.8 Å². The molecule has 1 amide bonds. The summed E-state index contributed by atoms with van der Waals surface area (Å²) in [5.74, 6) is 0.921. The van der Waals surface area contributed by atoms with Crippen molar-refractivity contribution in [2.75, 3.05) is 33.2 Å². The van der Waals surface area contributed by atoms with Gasteiger partial charge in [0.2, 0.25) is 5.91 Å². The summed E-state index contributed by atoms with van der Waals surface area (Å²) >= 11 is 0. The molecule has 2 aliphatic rings. The molecule has 1 aliphatic heterocycles. The van der Waals surface area contributed by atoms with Gasteiger partial charge in [-0.05, 0) is 38.9 Å². The summed E-state index contributed by atoms with van der Waals surface area (Å²) in [5.41, 5.74) is 0. The molecule has 0 radical (unpaired) electrons. The number of rotatable bonds is 6. The van der Waals surface area contributed by atoms with E-state index in [9.17, 15) is 4.79 Å². The number of carbonyl (C=O) groups excluding carboxylic acids is 1. The van der Waals surface area contributed by atoms with Crippen molar-refractivity contribution in [2.24, 2.45) is 11.8 Å². The van der Waals surface area contributed by atoms with E-state index in [-0.39, 0.29) is 36.6 Å². The lowest BCUT2D eigenvalue weighted by Crippen LogP contribution is -2.50. The van der Waals surface area contributed by atoms with Gasteiger partial charge < -0.3 is 15.5 Å². The average Bonchev–Trinajstić information content (AvgIpc) is 2.97. The lowest BCUT2D eigenvalue weighted by atomic mass is 9.88. The van der Waals surface area contributed by atoms with E-state index in [1.807, 2.05) is 6.92 Å². The second kappa shape index (κ2) is 8.20. The van der Waals surface area contributed by atoms with E-state index in [2.05, 4.69) is 22.6 Å². The zero-order valence-corrected chi connectivity index (χ0v) is 12.8. The fourth-order valence-corrected chi connectivity index (χ4v) is 2.09. The van der Waals surface area contributed by atoms with Crippen LogP contribution in [0.2, 0.25) is 0 Å². The number of hydrogen-bond acceptors (Lipinski definition) is 3. The van der Waals surface area contributed by atoms with Crippen LogP contribution in [0.3, 0.4) is 0 Å². The zero-order chi connectivity index (χ0) is 11.5. The molecule has 108 valence electrons. The topological polar surface area (TPSA) is 44.4 Å². The maximum atomic E-state index is 11.8. The Morgan fingerprint density at radius 1 is 1.39 bits per heavy atom. The normalized spacial score (nSPS) is 20.4. The van der Waals surface area contributed by atoms with Gasteiger partial charge >= 0.3 is 0 Å². The van der Waals surface area contributed by atoms with Gasteiger partial charge in [0.15, 0.2) is 0 Å². The molecule has 2 rings (SSSR count). The largest absolute Gasteiger partial charge is 0.355 e. The molecule has 1 saturated carbocycles. The van der Waals surface area contributed by atoms with E-state index in [1.54, 1.807) is 0 Å². The number of nitrogens with zero attached hydrogens (tertiary/aromatic N) is 1. The van der Waals surface area contributed by atoms with Crippen LogP contribution in [0.4, 0.5) is 0 Å². The smallest absolute Gasteiger partial charge is 0.223 e. The monoisotopic (exact) mass is 297 g/mol.